The molecule has 1 aliphatic rings. The molecule has 3 aromatic rings. The second-order valence-electron chi connectivity index (χ2n) is 8.26. The summed E-state index contributed by atoms with van der Waals surface area (Å²) in [6.45, 7) is 3.44. The Morgan fingerprint density at radius 1 is 0.969 bits per heavy atom. The van der Waals surface area contributed by atoms with Crippen LogP contribution < -0.4 is 4.74 Å². The van der Waals surface area contributed by atoms with Crippen LogP contribution in [0.5, 0.6) is 5.75 Å². The van der Waals surface area contributed by atoms with Crippen molar-refractivity contribution in [2.75, 3.05) is 20.2 Å². The van der Waals surface area contributed by atoms with Crippen LogP contribution in [0.1, 0.15) is 34.3 Å². The maximum absolute atomic E-state index is 13.7. The molecule has 1 aliphatic heterocycles. The van der Waals surface area contributed by atoms with Crippen LogP contribution in [-0.2, 0) is 13.1 Å². The number of nitrogens with zero attached hydrogens (tertiary/aromatic N) is 2. The average molecular weight is 449 g/mol. The van der Waals surface area contributed by atoms with Gasteiger partial charge < -0.3 is 9.64 Å². The molecule has 0 bridgehead atoms. The van der Waals surface area contributed by atoms with Crippen molar-refractivity contribution in [2.24, 2.45) is 0 Å². The number of hydrogen-bond acceptors (Lipinski definition) is 3. The lowest BCUT2D eigenvalue weighted by Crippen LogP contribution is -2.47. The molecule has 5 heteroatoms. The molecule has 4 rings (SSSR count). The Balaban J connectivity index is 1.53. The molecule has 0 saturated carbocycles. The first-order valence-corrected chi connectivity index (χ1v) is 11.5. The summed E-state index contributed by atoms with van der Waals surface area (Å²) in [7, 11) is 1.59. The first-order chi connectivity index (χ1) is 15.6. The van der Waals surface area contributed by atoms with Gasteiger partial charge in [0.15, 0.2) is 0 Å². The van der Waals surface area contributed by atoms with Crippen LogP contribution in [0.15, 0.2) is 78.9 Å². The van der Waals surface area contributed by atoms with Gasteiger partial charge in [-0.2, -0.15) is 0 Å². The van der Waals surface area contributed by atoms with Gasteiger partial charge in [0.25, 0.3) is 5.91 Å². The molecule has 1 fully saturated rings. The fourth-order valence-corrected chi connectivity index (χ4v) is 4.55. The number of hydrogen-bond donors (Lipinski definition) is 0. The fourth-order valence-electron chi connectivity index (χ4n) is 4.38. The number of carbonyl (C=O) groups is 1. The van der Waals surface area contributed by atoms with E-state index in [1.54, 1.807) is 25.3 Å². The monoisotopic (exact) mass is 448 g/mol. The van der Waals surface area contributed by atoms with Gasteiger partial charge in [0, 0.05) is 37.2 Å². The van der Waals surface area contributed by atoms with E-state index >= 15 is 0 Å². The number of rotatable bonds is 7. The molecule has 0 atom stereocenters. The third-order valence-corrected chi connectivity index (χ3v) is 6.33. The van der Waals surface area contributed by atoms with Crippen LogP contribution in [0.2, 0.25) is 5.02 Å². The van der Waals surface area contributed by atoms with Gasteiger partial charge in [-0.1, -0.05) is 72.3 Å². The van der Waals surface area contributed by atoms with E-state index in [0.29, 0.717) is 22.9 Å². The number of piperidine rings is 1. The molecule has 0 radical (unpaired) electrons. The van der Waals surface area contributed by atoms with Gasteiger partial charge in [0.2, 0.25) is 0 Å². The first kappa shape index (κ1) is 22.4. The zero-order valence-electron chi connectivity index (χ0n) is 18.4. The summed E-state index contributed by atoms with van der Waals surface area (Å²) in [4.78, 5) is 18.2. The fraction of sp³-hybridized carbons (Fsp3) is 0.296. The molecular formula is C27H29ClN2O2. The molecule has 1 saturated heterocycles. The van der Waals surface area contributed by atoms with Gasteiger partial charge in [-0.3, -0.25) is 9.69 Å². The molecular weight excluding hydrogens is 420 g/mol. The zero-order valence-corrected chi connectivity index (χ0v) is 19.2. The van der Waals surface area contributed by atoms with E-state index in [0.717, 1.165) is 38.0 Å². The van der Waals surface area contributed by atoms with Gasteiger partial charge >= 0.3 is 0 Å². The standard InChI is InChI=1S/C27H29ClN2O2/c1-32-26-13-12-23(28)18-25(26)27(31)30(20-22-10-6-3-7-11-22)24-14-16-29(17-15-24)19-21-8-4-2-5-9-21/h2-13,18,24H,14-17,19-20H2,1H3. The average Bonchev–Trinajstić information content (AvgIpc) is 2.84. The molecule has 1 amide bonds. The van der Waals surface area contributed by atoms with Crippen molar-refractivity contribution in [2.45, 2.75) is 32.0 Å². The largest absolute Gasteiger partial charge is 0.496 e. The van der Waals surface area contributed by atoms with Crippen molar-refractivity contribution in [3.05, 3.63) is 101 Å². The summed E-state index contributed by atoms with van der Waals surface area (Å²) in [6.07, 6.45) is 1.88. The summed E-state index contributed by atoms with van der Waals surface area (Å²) in [5.41, 5.74) is 2.96. The Morgan fingerprint density at radius 2 is 1.59 bits per heavy atom. The van der Waals surface area contributed by atoms with Crippen LogP contribution in [-0.4, -0.2) is 41.9 Å². The van der Waals surface area contributed by atoms with Crippen LogP contribution in [0, 0.1) is 0 Å². The summed E-state index contributed by atoms with van der Waals surface area (Å²) in [5, 5.41) is 0.534. The Morgan fingerprint density at radius 3 is 2.22 bits per heavy atom. The smallest absolute Gasteiger partial charge is 0.258 e. The molecule has 32 heavy (non-hydrogen) atoms. The van der Waals surface area contributed by atoms with E-state index in [4.69, 9.17) is 16.3 Å². The SMILES string of the molecule is COc1ccc(Cl)cc1C(=O)N(Cc1ccccc1)C1CCN(Cc2ccccc2)CC1. The second kappa shape index (κ2) is 10.7. The minimum atomic E-state index is -0.0327. The Bertz CT molecular complexity index is 1020. The van der Waals surface area contributed by atoms with Gasteiger partial charge in [0.1, 0.15) is 5.75 Å². The minimum absolute atomic E-state index is 0.0327. The van der Waals surface area contributed by atoms with Crippen molar-refractivity contribution < 1.29 is 9.53 Å². The highest BCUT2D eigenvalue weighted by molar-refractivity contribution is 6.31. The van der Waals surface area contributed by atoms with Crippen molar-refractivity contribution in [1.29, 1.82) is 0 Å². The predicted molar refractivity (Wildman–Crippen MR) is 129 cm³/mol. The van der Waals surface area contributed by atoms with Crippen molar-refractivity contribution >= 4 is 17.5 Å². The minimum Gasteiger partial charge on any atom is -0.496 e. The van der Waals surface area contributed by atoms with Crippen molar-refractivity contribution in [3.63, 3.8) is 0 Å². The van der Waals surface area contributed by atoms with E-state index < -0.39 is 0 Å². The Kier molecular flexibility index (Phi) is 7.46. The number of benzene rings is 3. The zero-order chi connectivity index (χ0) is 22.3. The highest BCUT2D eigenvalue weighted by atomic mass is 35.5. The predicted octanol–water partition coefficient (Wildman–Crippen LogP) is 5.66. The quantitative estimate of drug-likeness (QED) is 0.467. The molecule has 0 unspecified atom stereocenters. The Labute approximate surface area is 195 Å². The number of halogens is 1. The summed E-state index contributed by atoms with van der Waals surface area (Å²) >= 11 is 6.23. The lowest BCUT2D eigenvalue weighted by molar-refractivity contribution is 0.0539. The summed E-state index contributed by atoms with van der Waals surface area (Å²) < 4.78 is 5.48. The number of carbonyl (C=O) groups excluding carboxylic acids is 1. The van der Waals surface area contributed by atoms with E-state index in [1.165, 1.54) is 5.56 Å². The van der Waals surface area contributed by atoms with Gasteiger partial charge in [-0.05, 0) is 42.2 Å². The number of amides is 1. The maximum atomic E-state index is 13.7. The van der Waals surface area contributed by atoms with E-state index in [9.17, 15) is 4.79 Å². The molecule has 3 aromatic carbocycles. The molecule has 0 spiro atoms. The highest BCUT2D eigenvalue weighted by Gasteiger charge is 2.30. The number of methoxy groups -OCH3 is 1. The molecule has 4 nitrogen and oxygen atoms in total. The summed E-state index contributed by atoms with van der Waals surface area (Å²) in [5.74, 6) is 0.522. The second-order valence-corrected chi connectivity index (χ2v) is 8.69. The molecule has 0 N–H and O–H groups in total. The van der Waals surface area contributed by atoms with E-state index in [2.05, 4.69) is 41.3 Å². The molecule has 1 heterocycles. The number of ether oxygens (including phenoxy) is 1. The van der Waals surface area contributed by atoms with Gasteiger partial charge in [-0.25, -0.2) is 0 Å². The van der Waals surface area contributed by atoms with E-state index in [1.807, 2.05) is 29.2 Å². The van der Waals surface area contributed by atoms with Crippen LogP contribution in [0.4, 0.5) is 0 Å². The lowest BCUT2D eigenvalue weighted by Gasteiger charge is -2.39. The van der Waals surface area contributed by atoms with Crippen LogP contribution in [0.3, 0.4) is 0 Å². The van der Waals surface area contributed by atoms with Crippen LogP contribution >= 0.6 is 11.6 Å². The van der Waals surface area contributed by atoms with Gasteiger partial charge in [-0.15, -0.1) is 0 Å². The normalized spacial score (nSPS) is 14.8. The third kappa shape index (κ3) is 5.50. The molecule has 0 aromatic heterocycles. The number of likely N-dealkylation sites (tertiary alicyclic amines) is 1. The Hall–Kier alpha value is -2.82. The van der Waals surface area contributed by atoms with Crippen molar-refractivity contribution in [1.82, 2.24) is 9.80 Å². The summed E-state index contributed by atoms with van der Waals surface area (Å²) in [6, 6.07) is 26.1. The lowest BCUT2D eigenvalue weighted by atomic mass is 10.00. The third-order valence-electron chi connectivity index (χ3n) is 6.10. The van der Waals surface area contributed by atoms with Gasteiger partial charge in [0.05, 0.1) is 12.7 Å². The topological polar surface area (TPSA) is 32.8 Å². The molecule has 0 aliphatic carbocycles. The first-order valence-electron chi connectivity index (χ1n) is 11.1. The van der Waals surface area contributed by atoms with Crippen LogP contribution in [0.25, 0.3) is 0 Å². The maximum Gasteiger partial charge on any atom is 0.258 e. The van der Waals surface area contributed by atoms with E-state index in [-0.39, 0.29) is 11.9 Å². The molecule has 166 valence electrons. The highest BCUT2D eigenvalue weighted by Crippen LogP contribution is 2.28. The van der Waals surface area contributed by atoms with Crippen molar-refractivity contribution in [3.8, 4) is 5.75 Å².